The van der Waals surface area contributed by atoms with Gasteiger partial charge in [0.05, 0.1) is 11.6 Å². The molecule has 0 saturated carbocycles. The number of hydrogen-bond donors (Lipinski definition) is 1. The highest BCUT2D eigenvalue weighted by atomic mass is 16.5. The van der Waals surface area contributed by atoms with Crippen molar-refractivity contribution in [3.05, 3.63) is 0 Å². The van der Waals surface area contributed by atoms with Crippen LogP contribution < -0.4 is 5.73 Å². The largest absolute Gasteiger partial charge is 0.375 e. The molecule has 2 heterocycles. The van der Waals surface area contributed by atoms with Gasteiger partial charge in [0.2, 0.25) is 5.95 Å². The summed E-state index contributed by atoms with van der Waals surface area (Å²) in [5, 5.41) is 11.1. The monoisotopic (exact) mass is 197 g/mol. The molecule has 0 bridgehead atoms. The molecule has 78 valence electrons. The first kappa shape index (κ1) is 9.39. The molecule has 1 aromatic heterocycles. The zero-order chi connectivity index (χ0) is 10.2. The second kappa shape index (κ2) is 3.20. The minimum atomic E-state index is -0.110. The normalized spacial score (nSPS) is 26.3. The number of hydrogen-bond acceptors (Lipinski definition) is 5. The lowest BCUT2D eigenvalue weighted by molar-refractivity contribution is -0.0706. The van der Waals surface area contributed by atoms with Gasteiger partial charge in [0.1, 0.15) is 0 Å². The molecule has 1 atom stereocenters. The molecule has 6 heteroatoms. The van der Waals surface area contributed by atoms with Crippen molar-refractivity contribution in [2.45, 2.75) is 38.3 Å². The molecule has 1 aliphatic rings. The molecule has 0 spiro atoms. The maximum Gasteiger partial charge on any atom is 0.240 e. The second-order valence-corrected chi connectivity index (χ2v) is 4.24. The van der Waals surface area contributed by atoms with E-state index in [4.69, 9.17) is 10.5 Å². The lowest BCUT2D eigenvalue weighted by Crippen LogP contribution is -2.35. The van der Waals surface area contributed by atoms with Gasteiger partial charge < -0.3 is 10.5 Å². The van der Waals surface area contributed by atoms with E-state index in [1.807, 2.05) is 0 Å². The fraction of sp³-hybridized carbons (Fsp3) is 0.875. The summed E-state index contributed by atoms with van der Waals surface area (Å²) in [7, 11) is 0. The van der Waals surface area contributed by atoms with Crippen LogP contribution in [0.2, 0.25) is 0 Å². The van der Waals surface area contributed by atoms with Gasteiger partial charge in [-0.25, -0.2) is 4.68 Å². The minimum Gasteiger partial charge on any atom is -0.375 e. The van der Waals surface area contributed by atoms with Crippen LogP contribution in [-0.2, 0) is 4.74 Å². The van der Waals surface area contributed by atoms with Crippen molar-refractivity contribution in [1.29, 1.82) is 0 Å². The van der Waals surface area contributed by atoms with Crippen molar-refractivity contribution in [2.75, 3.05) is 12.3 Å². The molecule has 6 nitrogen and oxygen atoms in total. The first-order chi connectivity index (χ1) is 6.58. The fourth-order valence-corrected chi connectivity index (χ4v) is 1.87. The van der Waals surface area contributed by atoms with E-state index in [2.05, 4.69) is 29.4 Å². The van der Waals surface area contributed by atoms with E-state index in [1.165, 1.54) is 0 Å². The Balaban J connectivity index is 2.16. The predicted octanol–water partition coefficient (Wildman–Crippen LogP) is 0.385. The van der Waals surface area contributed by atoms with Crippen LogP contribution in [0.25, 0.3) is 0 Å². The maximum absolute atomic E-state index is 5.65. The number of nitrogens with two attached hydrogens (primary N) is 1. The van der Waals surface area contributed by atoms with Gasteiger partial charge >= 0.3 is 0 Å². The summed E-state index contributed by atoms with van der Waals surface area (Å²) >= 11 is 0. The molecule has 0 amide bonds. The zero-order valence-electron chi connectivity index (χ0n) is 8.47. The molecule has 1 unspecified atom stereocenters. The van der Waals surface area contributed by atoms with Crippen molar-refractivity contribution >= 4 is 5.95 Å². The molecule has 1 saturated heterocycles. The van der Waals surface area contributed by atoms with Gasteiger partial charge in [-0.3, -0.25) is 0 Å². The van der Waals surface area contributed by atoms with Crippen LogP contribution in [-0.4, -0.2) is 32.4 Å². The lowest BCUT2D eigenvalue weighted by atomic mass is 9.94. The van der Waals surface area contributed by atoms with Gasteiger partial charge in [-0.1, -0.05) is 5.10 Å². The molecular formula is C8H15N5O. The minimum absolute atomic E-state index is 0.110. The molecule has 2 rings (SSSR count). The van der Waals surface area contributed by atoms with Gasteiger partial charge in [-0.15, -0.1) is 0 Å². The Hall–Kier alpha value is -1.17. The Morgan fingerprint density at radius 1 is 1.57 bits per heavy atom. The van der Waals surface area contributed by atoms with Crippen LogP contribution in [0.15, 0.2) is 0 Å². The number of tetrazole rings is 1. The third kappa shape index (κ3) is 1.70. The summed E-state index contributed by atoms with van der Waals surface area (Å²) in [4.78, 5) is 0. The topological polar surface area (TPSA) is 78.9 Å². The average molecular weight is 197 g/mol. The molecular weight excluding hydrogens is 182 g/mol. The quantitative estimate of drug-likeness (QED) is 0.704. The number of aromatic nitrogens is 4. The molecule has 1 fully saturated rings. The molecule has 0 radical (unpaired) electrons. The summed E-state index contributed by atoms with van der Waals surface area (Å²) in [6.45, 7) is 4.87. The van der Waals surface area contributed by atoms with E-state index >= 15 is 0 Å². The third-order valence-corrected chi connectivity index (χ3v) is 2.54. The first-order valence-electron chi connectivity index (χ1n) is 4.76. The van der Waals surface area contributed by atoms with E-state index in [1.54, 1.807) is 4.68 Å². The number of anilines is 1. The van der Waals surface area contributed by atoms with Crippen molar-refractivity contribution < 1.29 is 4.74 Å². The summed E-state index contributed by atoms with van der Waals surface area (Å²) in [5.41, 5.74) is 5.54. The third-order valence-electron chi connectivity index (χ3n) is 2.54. The van der Waals surface area contributed by atoms with Crippen LogP contribution >= 0.6 is 0 Å². The van der Waals surface area contributed by atoms with Crippen LogP contribution in [0.1, 0.15) is 32.7 Å². The van der Waals surface area contributed by atoms with Gasteiger partial charge in [0.25, 0.3) is 0 Å². The smallest absolute Gasteiger partial charge is 0.240 e. The summed E-state index contributed by atoms with van der Waals surface area (Å²) in [6, 6.07) is 0.258. The molecule has 1 aliphatic heterocycles. The van der Waals surface area contributed by atoms with Crippen LogP contribution in [0.5, 0.6) is 0 Å². The summed E-state index contributed by atoms with van der Waals surface area (Å²) in [6.07, 6.45) is 1.81. The van der Waals surface area contributed by atoms with Gasteiger partial charge in [-0.05, 0) is 37.1 Å². The maximum atomic E-state index is 5.65. The number of nitrogens with zero attached hydrogens (tertiary/aromatic N) is 4. The van der Waals surface area contributed by atoms with Crippen LogP contribution in [0, 0.1) is 0 Å². The molecule has 0 aromatic carbocycles. The number of rotatable bonds is 1. The van der Waals surface area contributed by atoms with Crippen LogP contribution in [0.3, 0.4) is 0 Å². The van der Waals surface area contributed by atoms with Crippen molar-refractivity contribution in [3.63, 3.8) is 0 Å². The Labute approximate surface area is 82.4 Å². The number of ether oxygens (including phenoxy) is 1. The Bertz CT molecular complexity index is 321. The molecule has 14 heavy (non-hydrogen) atoms. The van der Waals surface area contributed by atoms with E-state index < -0.39 is 0 Å². The SMILES string of the molecule is CC1(C)CC(n2nnnc2N)CCO1. The average Bonchev–Trinajstić information content (AvgIpc) is 2.49. The number of nitrogen functional groups attached to an aromatic ring is 1. The highest BCUT2D eigenvalue weighted by molar-refractivity contribution is 5.11. The second-order valence-electron chi connectivity index (χ2n) is 4.24. The standard InChI is InChI=1S/C8H15N5O/c1-8(2)5-6(3-4-14-8)13-7(9)10-11-12-13/h6H,3-5H2,1-2H3,(H2,9,10,12). The van der Waals surface area contributed by atoms with E-state index in [9.17, 15) is 0 Å². The van der Waals surface area contributed by atoms with Gasteiger partial charge in [0.15, 0.2) is 0 Å². The lowest BCUT2D eigenvalue weighted by Gasteiger charge is -2.35. The zero-order valence-corrected chi connectivity index (χ0v) is 8.47. The highest BCUT2D eigenvalue weighted by Gasteiger charge is 2.31. The van der Waals surface area contributed by atoms with Gasteiger partial charge in [0, 0.05) is 6.61 Å². The Morgan fingerprint density at radius 3 is 2.93 bits per heavy atom. The summed E-state index contributed by atoms with van der Waals surface area (Å²) < 4.78 is 7.30. The van der Waals surface area contributed by atoms with Crippen molar-refractivity contribution in [3.8, 4) is 0 Å². The van der Waals surface area contributed by atoms with Crippen LogP contribution in [0.4, 0.5) is 5.95 Å². The molecule has 0 aliphatic carbocycles. The first-order valence-corrected chi connectivity index (χ1v) is 4.76. The van der Waals surface area contributed by atoms with Gasteiger partial charge in [-0.2, -0.15) is 0 Å². The van der Waals surface area contributed by atoms with Crippen molar-refractivity contribution in [2.24, 2.45) is 0 Å². The van der Waals surface area contributed by atoms with E-state index in [0.29, 0.717) is 5.95 Å². The Morgan fingerprint density at radius 2 is 2.36 bits per heavy atom. The van der Waals surface area contributed by atoms with Crippen molar-refractivity contribution in [1.82, 2.24) is 20.2 Å². The summed E-state index contributed by atoms with van der Waals surface area (Å²) in [5.74, 6) is 0.382. The fourth-order valence-electron chi connectivity index (χ4n) is 1.87. The predicted molar refractivity (Wildman–Crippen MR) is 50.5 cm³/mol. The molecule has 2 N–H and O–H groups in total. The molecule has 1 aromatic rings. The van der Waals surface area contributed by atoms with E-state index in [0.717, 1.165) is 19.4 Å². The van der Waals surface area contributed by atoms with E-state index in [-0.39, 0.29) is 11.6 Å². The Kier molecular flexibility index (Phi) is 2.14. The highest BCUT2D eigenvalue weighted by Crippen LogP contribution is 2.31.